The second kappa shape index (κ2) is 10.5. The Morgan fingerprint density at radius 2 is 0.891 bits per heavy atom. The van der Waals surface area contributed by atoms with Gasteiger partial charge in [-0.3, -0.25) is 0 Å². The summed E-state index contributed by atoms with van der Waals surface area (Å²) in [5.41, 5.74) is 19.1. The number of hydrogen-bond acceptors (Lipinski definition) is 2. The summed E-state index contributed by atoms with van der Waals surface area (Å²) in [6, 6.07) is 66.4. The first-order valence-corrected chi connectivity index (χ1v) is 19.0. The third-order valence-corrected chi connectivity index (χ3v) is 12.5. The maximum Gasteiger partial charge on any atom is 0.136 e. The highest BCUT2D eigenvalue weighted by Gasteiger charge is 2.52. The normalized spacial score (nSPS) is 13.7. The fourth-order valence-electron chi connectivity index (χ4n) is 10.4. The number of fused-ring (bicyclic) bond motifs is 15. The van der Waals surface area contributed by atoms with Crippen LogP contribution in [0.4, 0.5) is 0 Å². The summed E-state index contributed by atoms with van der Waals surface area (Å²) in [6.45, 7) is 0. The standard InChI is InChI=1S/C53H30O2/c1-5-20-42-34(12-1)35-13-2-6-21-43(35)53(42)44-22-7-3-14-39(44)50-32(16-10-23-45(50)53)31-26-28-47-41(30-31)38-18-9-17-36-33(27-29-49(55-47)51(36)38)37-19-11-25-48-52(37)40-15-4-8-24-46(40)54-48/h1-30H. The van der Waals surface area contributed by atoms with Crippen molar-refractivity contribution in [3.63, 3.8) is 0 Å². The van der Waals surface area contributed by atoms with Crippen LogP contribution in [0.15, 0.2) is 186 Å². The molecule has 254 valence electrons. The molecule has 0 N–H and O–H groups in total. The predicted octanol–water partition coefficient (Wildman–Crippen LogP) is 14.2. The predicted molar refractivity (Wildman–Crippen MR) is 224 cm³/mol. The van der Waals surface area contributed by atoms with Gasteiger partial charge in [0.1, 0.15) is 22.7 Å². The van der Waals surface area contributed by atoms with Gasteiger partial charge >= 0.3 is 0 Å². The fourth-order valence-corrected chi connectivity index (χ4v) is 10.4. The van der Waals surface area contributed by atoms with Crippen LogP contribution in [0.5, 0.6) is 11.5 Å². The van der Waals surface area contributed by atoms with E-state index in [1.54, 1.807) is 0 Å². The Balaban J connectivity index is 1.03. The molecular weight excluding hydrogens is 669 g/mol. The lowest BCUT2D eigenvalue weighted by Gasteiger charge is -2.30. The SMILES string of the molecule is c1ccc2c(c1)-c1ccccc1C21c2ccccc2-c2c(-c3ccc4c(c3)-c3cccc5c(-c6cccc7oc8ccccc8c67)ccc(c35)O4)cccc21. The summed E-state index contributed by atoms with van der Waals surface area (Å²) in [5, 5.41) is 4.57. The number of hydrogen-bond donors (Lipinski definition) is 0. The van der Waals surface area contributed by atoms with Crippen LogP contribution in [-0.2, 0) is 5.41 Å². The van der Waals surface area contributed by atoms with Gasteiger partial charge in [0.05, 0.1) is 5.41 Å². The van der Waals surface area contributed by atoms with Crippen molar-refractivity contribution in [2.75, 3.05) is 0 Å². The monoisotopic (exact) mass is 698 g/mol. The molecular formula is C53H30O2. The van der Waals surface area contributed by atoms with E-state index in [2.05, 4.69) is 170 Å². The van der Waals surface area contributed by atoms with Crippen molar-refractivity contribution in [1.82, 2.24) is 0 Å². The first kappa shape index (κ1) is 29.3. The van der Waals surface area contributed by atoms with E-state index in [4.69, 9.17) is 9.15 Å². The van der Waals surface area contributed by atoms with Gasteiger partial charge in [-0.15, -0.1) is 0 Å². The molecule has 55 heavy (non-hydrogen) atoms. The maximum absolute atomic E-state index is 6.76. The Bertz CT molecular complexity index is 3260. The molecule has 3 aliphatic rings. The molecule has 0 atom stereocenters. The molecule has 1 aliphatic heterocycles. The van der Waals surface area contributed by atoms with E-state index in [9.17, 15) is 0 Å². The summed E-state index contributed by atoms with van der Waals surface area (Å²) in [4.78, 5) is 0. The average molecular weight is 699 g/mol. The van der Waals surface area contributed by atoms with Gasteiger partial charge in [0.2, 0.25) is 0 Å². The minimum absolute atomic E-state index is 0.378. The Kier molecular flexibility index (Phi) is 5.59. The van der Waals surface area contributed by atoms with E-state index >= 15 is 0 Å². The lowest BCUT2D eigenvalue weighted by Crippen LogP contribution is -2.25. The number of benzene rings is 9. The highest BCUT2D eigenvalue weighted by Crippen LogP contribution is 2.64. The van der Waals surface area contributed by atoms with Crippen molar-refractivity contribution in [2.24, 2.45) is 0 Å². The molecule has 0 unspecified atom stereocenters. The molecule has 0 fully saturated rings. The topological polar surface area (TPSA) is 22.4 Å². The zero-order valence-corrected chi connectivity index (χ0v) is 29.6. The van der Waals surface area contributed by atoms with Crippen molar-refractivity contribution in [1.29, 1.82) is 0 Å². The zero-order chi connectivity index (χ0) is 35.8. The highest BCUT2D eigenvalue weighted by molar-refractivity contribution is 6.18. The molecule has 2 nitrogen and oxygen atoms in total. The molecule has 0 saturated heterocycles. The van der Waals surface area contributed by atoms with E-state index in [0.717, 1.165) is 50.0 Å². The lowest BCUT2D eigenvalue weighted by molar-refractivity contribution is 0.487. The number of para-hydroxylation sites is 1. The van der Waals surface area contributed by atoms with Crippen molar-refractivity contribution in [2.45, 2.75) is 5.41 Å². The third-order valence-electron chi connectivity index (χ3n) is 12.5. The number of ether oxygens (including phenoxy) is 1. The van der Waals surface area contributed by atoms with Crippen LogP contribution in [0.2, 0.25) is 0 Å². The van der Waals surface area contributed by atoms with Crippen molar-refractivity contribution in [3.8, 4) is 67.1 Å². The van der Waals surface area contributed by atoms with Gasteiger partial charge in [0.25, 0.3) is 0 Å². The Morgan fingerprint density at radius 3 is 1.71 bits per heavy atom. The van der Waals surface area contributed by atoms with Crippen LogP contribution >= 0.6 is 0 Å². The fraction of sp³-hybridized carbons (Fsp3) is 0.0189. The van der Waals surface area contributed by atoms with E-state index in [-0.39, 0.29) is 5.41 Å². The molecule has 1 spiro atoms. The molecule has 10 aromatic rings. The summed E-state index contributed by atoms with van der Waals surface area (Å²) < 4.78 is 13.1. The molecule has 2 aliphatic carbocycles. The van der Waals surface area contributed by atoms with E-state index in [0.29, 0.717) is 0 Å². The summed E-state index contributed by atoms with van der Waals surface area (Å²) >= 11 is 0. The smallest absolute Gasteiger partial charge is 0.136 e. The Labute approximate surface area is 317 Å². The molecule has 13 rings (SSSR count). The second-order valence-corrected chi connectivity index (χ2v) is 15.0. The van der Waals surface area contributed by atoms with Crippen LogP contribution in [0.1, 0.15) is 22.3 Å². The minimum Gasteiger partial charge on any atom is -0.456 e. The molecule has 0 amide bonds. The minimum atomic E-state index is -0.378. The molecule has 1 aromatic heterocycles. The van der Waals surface area contributed by atoms with Crippen LogP contribution in [-0.4, -0.2) is 0 Å². The van der Waals surface area contributed by atoms with E-state index in [1.165, 1.54) is 72.1 Å². The summed E-state index contributed by atoms with van der Waals surface area (Å²) in [5.74, 6) is 1.76. The van der Waals surface area contributed by atoms with Gasteiger partial charge in [-0.05, 0) is 108 Å². The van der Waals surface area contributed by atoms with E-state index in [1.807, 2.05) is 12.1 Å². The Hall–Kier alpha value is -7.16. The van der Waals surface area contributed by atoms with Gasteiger partial charge in [-0.25, -0.2) is 0 Å². The molecule has 0 bridgehead atoms. The first-order valence-electron chi connectivity index (χ1n) is 19.0. The number of furan rings is 1. The van der Waals surface area contributed by atoms with E-state index < -0.39 is 0 Å². The van der Waals surface area contributed by atoms with Crippen molar-refractivity contribution in [3.05, 3.63) is 204 Å². The summed E-state index contributed by atoms with van der Waals surface area (Å²) in [7, 11) is 0. The quantitative estimate of drug-likeness (QED) is 0.179. The van der Waals surface area contributed by atoms with Crippen LogP contribution < -0.4 is 4.74 Å². The van der Waals surface area contributed by atoms with Crippen LogP contribution in [0, 0.1) is 0 Å². The Morgan fingerprint density at radius 1 is 0.327 bits per heavy atom. The molecule has 0 saturated carbocycles. The van der Waals surface area contributed by atoms with Crippen LogP contribution in [0.3, 0.4) is 0 Å². The largest absolute Gasteiger partial charge is 0.456 e. The molecule has 9 aromatic carbocycles. The van der Waals surface area contributed by atoms with Crippen molar-refractivity contribution < 1.29 is 9.15 Å². The van der Waals surface area contributed by atoms with Gasteiger partial charge in [0, 0.05) is 21.7 Å². The number of rotatable bonds is 2. The third kappa shape index (κ3) is 3.64. The van der Waals surface area contributed by atoms with Gasteiger partial charge in [-0.1, -0.05) is 152 Å². The highest BCUT2D eigenvalue weighted by atomic mass is 16.5. The second-order valence-electron chi connectivity index (χ2n) is 15.0. The maximum atomic E-state index is 6.76. The molecule has 2 heteroatoms. The zero-order valence-electron chi connectivity index (χ0n) is 29.6. The van der Waals surface area contributed by atoms with Crippen LogP contribution in [0.25, 0.3) is 88.3 Å². The average Bonchev–Trinajstić information content (AvgIpc) is 3.88. The van der Waals surface area contributed by atoms with Gasteiger partial charge in [0.15, 0.2) is 0 Å². The van der Waals surface area contributed by atoms with Gasteiger partial charge in [-0.2, -0.15) is 0 Å². The lowest BCUT2D eigenvalue weighted by atomic mass is 9.70. The first-order chi connectivity index (χ1) is 27.3. The van der Waals surface area contributed by atoms with Crippen molar-refractivity contribution >= 4 is 32.7 Å². The summed E-state index contributed by atoms with van der Waals surface area (Å²) in [6.07, 6.45) is 0. The molecule has 2 heterocycles. The van der Waals surface area contributed by atoms with Gasteiger partial charge < -0.3 is 9.15 Å². The molecule has 0 radical (unpaired) electrons.